The van der Waals surface area contributed by atoms with Gasteiger partial charge in [0.2, 0.25) is 5.91 Å². The number of nitrogens with zero attached hydrogens (tertiary/aromatic N) is 1. The van der Waals surface area contributed by atoms with Gasteiger partial charge in [-0.1, -0.05) is 0 Å². The zero-order chi connectivity index (χ0) is 19.6. The minimum atomic E-state index is -0.710. The van der Waals surface area contributed by atoms with Gasteiger partial charge in [-0.2, -0.15) is 0 Å². The van der Waals surface area contributed by atoms with E-state index in [2.05, 4.69) is 10.6 Å². The van der Waals surface area contributed by atoms with Crippen LogP contribution in [0.4, 0.5) is 25.0 Å². The maximum absolute atomic E-state index is 13.7. The molecule has 6 nitrogen and oxygen atoms in total. The van der Waals surface area contributed by atoms with Crippen molar-refractivity contribution in [2.24, 2.45) is 0 Å². The van der Waals surface area contributed by atoms with Gasteiger partial charge in [0.05, 0.1) is 7.11 Å². The van der Waals surface area contributed by atoms with Gasteiger partial charge in [-0.15, -0.1) is 0 Å². The largest absolute Gasteiger partial charge is 0.494 e. The second-order valence-electron chi connectivity index (χ2n) is 6.21. The normalized spacial score (nSPS) is 16.4. The Morgan fingerprint density at radius 1 is 1.19 bits per heavy atom. The average molecular weight is 375 g/mol. The predicted molar refractivity (Wildman–Crippen MR) is 97.0 cm³/mol. The summed E-state index contributed by atoms with van der Waals surface area (Å²) < 4.78 is 31.9. The Morgan fingerprint density at radius 3 is 2.63 bits per heavy atom. The number of hydrogen-bond donors (Lipinski definition) is 2. The van der Waals surface area contributed by atoms with Crippen LogP contribution >= 0.6 is 0 Å². The number of benzene rings is 2. The fourth-order valence-corrected chi connectivity index (χ4v) is 2.94. The Kier molecular flexibility index (Phi) is 5.25. The van der Waals surface area contributed by atoms with Crippen molar-refractivity contribution in [3.63, 3.8) is 0 Å². The number of methoxy groups -OCH3 is 1. The molecular weight excluding hydrogens is 356 g/mol. The Labute approximate surface area is 155 Å². The molecule has 3 amide bonds. The minimum Gasteiger partial charge on any atom is -0.494 e. The number of urea groups is 1. The Bertz CT molecular complexity index is 888. The highest BCUT2D eigenvalue weighted by Gasteiger charge is 2.33. The highest BCUT2D eigenvalue weighted by Crippen LogP contribution is 2.24. The topological polar surface area (TPSA) is 70.7 Å². The van der Waals surface area contributed by atoms with Crippen LogP contribution in [-0.4, -0.2) is 31.6 Å². The van der Waals surface area contributed by atoms with E-state index >= 15 is 0 Å². The molecule has 2 aromatic carbocycles. The van der Waals surface area contributed by atoms with E-state index < -0.39 is 17.9 Å². The molecule has 1 fully saturated rings. The number of carbonyl (C=O) groups excluding carboxylic acids is 2. The maximum Gasteiger partial charge on any atom is 0.319 e. The lowest BCUT2D eigenvalue weighted by Crippen LogP contribution is -2.43. The first-order valence-corrected chi connectivity index (χ1v) is 8.37. The zero-order valence-corrected chi connectivity index (χ0v) is 14.9. The summed E-state index contributed by atoms with van der Waals surface area (Å²) in [4.78, 5) is 26.2. The van der Waals surface area contributed by atoms with Gasteiger partial charge < -0.3 is 20.3 Å². The Morgan fingerprint density at radius 2 is 1.96 bits per heavy atom. The molecule has 1 atom stereocenters. The van der Waals surface area contributed by atoms with Crippen molar-refractivity contribution in [2.45, 2.75) is 19.4 Å². The van der Waals surface area contributed by atoms with Crippen molar-refractivity contribution in [3.05, 3.63) is 53.6 Å². The van der Waals surface area contributed by atoms with Crippen molar-refractivity contribution >= 4 is 23.3 Å². The fraction of sp³-hybridized carbons (Fsp3) is 0.263. The second kappa shape index (κ2) is 7.61. The van der Waals surface area contributed by atoms with Gasteiger partial charge in [0, 0.05) is 24.0 Å². The molecule has 8 heteroatoms. The smallest absolute Gasteiger partial charge is 0.319 e. The lowest BCUT2D eigenvalue weighted by atomic mass is 10.2. The molecule has 1 saturated heterocycles. The molecule has 0 aliphatic carbocycles. The van der Waals surface area contributed by atoms with E-state index in [1.165, 1.54) is 36.3 Å². The van der Waals surface area contributed by atoms with E-state index in [0.717, 1.165) is 6.07 Å². The van der Waals surface area contributed by atoms with Crippen LogP contribution in [0.2, 0.25) is 0 Å². The number of aryl methyl sites for hydroxylation is 1. The Balaban J connectivity index is 1.62. The zero-order valence-electron chi connectivity index (χ0n) is 14.9. The summed E-state index contributed by atoms with van der Waals surface area (Å²) in [6, 6.07) is 7.12. The maximum atomic E-state index is 13.7. The van der Waals surface area contributed by atoms with Gasteiger partial charge in [0.1, 0.15) is 11.9 Å². The first kappa shape index (κ1) is 18.6. The van der Waals surface area contributed by atoms with Crippen LogP contribution in [0.1, 0.15) is 12.0 Å². The van der Waals surface area contributed by atoms with E-state index in [1.807, 2.05) is 0 Å². The van der Waals surface area contributed by atoms with Crippen LogP contribution in [0.25, 0.3) is 0 Å². The van der Waals surface area contributed by atoms with E-state index in [1.54, 1.807) is 13.0 Å². The third-order valence-corrected chi connectivity index (χ3v) is 4.37. The van der Waals surface area contributed by atoms with E-state index in [9.17, 15) is 18.4 Å². The van der Waals surface area contributed by atoms with Crippen molar-refractivity contribution in [3.8, 4) is 5.75 Å². The lowest BCUT2D eigenvalue weighted by molar-refractivity contribution is -0.118. The molecule has 2 aromatic rings. The van der Waals surface area contributed by atoms with Crippen LogP contribution in [0, 0.1) is 18.6 Å². The number of carbonyl (C=O) groups is 2. The molecule has 142 valence electrons. The number of halogens is 2. The molecule has 0 bridgehead atoms. The summed E-state index contributed by atoms with van der Waals surface area (Å²) in [5.74, 6) is -1.16. The number of amides is 3. The third kappa shape index (κ3) is 3.99. The van der Waals surface area contributed by atoms with Crippen molar-refractivity contribution in [1.29, 1.82) is 0 Å². The molecule has 27 heavy (non-hydrogen) atoms. The van der Waals surface area contributed by atoms with Gasteiger partial charge in [-0.3, -0.25) is 4.79 Å². The first-order chi connectivity index (χ1) is 12.9. The molecule has 0 aromatic heterocycles. The quantitative estimate of drug-likeness (QED) is 0.862. The molecule has 1 aliphatic heterocycles. The molecule has 0 unspecified atom stereocenters. The van der Waals surface area contributed by atoms with Crippen LogP contribution in [-0.2, 0) is 4.79 Å². The number of ether oxygens (including phenoxy) is 1. The van der Waals surface area contributed by atoms with Crippen LogP contribution in [0.15, 0.2) is 36.4 Å². The third-order valence-electron chi connectivity index (χ3n) is 4.37. The van der Waals surface area contributed by atoms with E-state index in [0.29, 0.717) is 24.2 Å². The highest BCUT2D eigenvalue weighted by atomic mass is 19.1. The van der Waals surface area contributed by atoms with Crippen molar-refractivity contribution in [1.82, 2.24) is 5.32 Å². The number of hydrogen-bond acceptors (Lipinski definition) is 3. The molecule has 1 aliphatic rings. The number of anilines is 2. The summed E-state index contributed by atoms with van der Waals surface area (Å²) in [6.07, 6.45) is 0.416. The van der Waals surface area contributed by atoms with E-state index in [4.69, 9.17) is 4.74 Å². The van der Waals surface area contributed by atoms with Crippen LogP contribution in [0.5, 0.6) is 5.75 Å². The average Bonchev–Trinajstić information content (AvgIpc) is 2.98. The van der Waals surface area contributed by atoms with Gasteiger partial charge in [-0.05, 0) is 49.2 Å². The van der Waals surface area contributed by atoms with Crippen molar-refractivity contribution in [2.75, 3.05) is 23.9 Å². The van der Waals surface area contributed by atoms with Crippen molar-refractivity contribution < 1.29 is 23.1 Å². The molecular formula is C19H19F2N3O3. The SMILES string of the molecule is COc1ccc(NC(=O)N[C@H]2CCN(c3ccc(F)c(C)c3)C2=O)cc1F. The van der Waals surface area contributed by atoms with Gasteiger partial charge in [0.25, 0.3) is 0 Å². The standard InChI is InChI=1S/C19H19F2N3O3/c1-11-9-13(4-5-14(11)20)24-8-7-16(18(24)25)23-19(26)22-12-3-6-17(27-2)15(21)10-12/h3-6,9-10,16H,7-8H2,1-2H3,(H2,22,23,26)/t16-/m0/s1. The van der Waals surface area contributed by atoms with Crippen LogP contribution in [0.3, 0.4) is 0 Å². The summed E-state index contributed by atoms with van der Waals surface area (Å²) in [7, 11) is 1.35. The molecule has 0 radical (unpaired) electrons. The molecule has 3 rings (SSSR count). The van der Waals surface area contributed by atoms with Gasteiger partial charge >= 0.3 is 6.03 Å². The molecule has 0 spiro atoms. The lowest BCUT2D eigenvalue weighted by Gasteiger charge is -2.18. The van der Waals surface area contributed by atoms with E-state index in [-0.39, 0.29) is 23.2 Å². The summed E-state index contributed by atoms with van der Waals surface area (Å²) >= 11 is 0. The van der Waals surface area contributed by atoms with Gasteiger partial charge in [-0.25, -0.2) is 13.6 Å². The second-order valence-corrected chi connectivity index (χ2v) is 6.21. The van der Waals surface area contributed by atoms with Crippen LogP contribution < -0.4 is 20.3 Å². The number of rotatable bonds is 4. The monoisotopic (exact) mass is 375 g/mol. The number of nitrogens with one attached hydrogen (secondary N) is 2. The summed E-state index contributed by atoms with van der Waals surface area (Å²) in [5.41, 5.74) is 1.26. The Hall–Kier alpha value is -3.16. The van der Waals surface area contributed by atoms with Gasteiger partial charge in [0.15, 0.2) is 11.6 Å². The highest BCUT2D eigenvalue weighted by molar-refractivity contribution is 6.02. The summed E-state index contributed by atoms with van der Waals surface area (Å²) in [5, 5.41) is 5.07. The predicted octanol–water partition coefficient (Wildman–Crippen LogP) is 3.21. The molecule has 0 saturated carbocycles. The minimum absolute atomic E-state index is 0.0668. The summed E-state index contributed by atoms with van der Waals surface area (Å²) in [6.45, 7) is 2.03. The fourth-order valence-electron chi connectivity index (χ4n) is 2.94. The first-order valence-electron chi connectivity index (χ1n) is 8.37. The molecule has 2 N–H and O–H groups in total. The molecule has 1 heterocycles.